The number of amides is 1. The van der Waals surface area contributed by atoms with Gasteiger partial charge in [-0.05, 0) is 24.3 Å². The highest BCUT2D eigenvalue weighted by Gasteiger charge is 2.20. The van der Waals surface area contributed by atoms with Crippen LogP contribution in [0.15, 0.2) is 29.4 Å². The summed E-state index contributed by atoms with van der Waals surface area (Å²) in [6, 6.07) is 8.16. The van der Waals surface area contributed by atoms with Crippen LogP contribution in [0, 0.1) is 0 Å². The van der Waals surface area contributed by atoms with E-state index in [9.17, 15) is 4.79 Å². The van der Waals surface area contributed by atoms with Gasteiger partial charge in [0.05, 0.1) is 5.25 Å². The summed E-state index contributed by atoms with van der Waals surface area (Å²) in [6.45, 7) is 11.0. The van der Waals surface area contributed by atoms with Gasteiger partial charge in [0.25, 0.3) is 0 Å². The Morgan fingerprint density at radius 3 is 2.48 bits per heavy atom. The number of aromatic nitrogens is 3. The Hall–Kier alpha value is -2.02. The van der Waals surface area contributed by atoms with Crippen LogP contribution >= 0.6 is 11.8 Å². The van der Waals surface area contributed by atoms with E-state index in [0.717, 1.165) is 12.0 Å². The number of hydrogen-bond donors (Lipinski definition) is 2. The molecule has 0 unspecified atom stereocenters. The topological polar surface area (TPSA) is 85.8 Å². The van der Waals surface area contributed by atoms with E-state index in [2.05, 4.69) is 48.4 Å². The van der Waals surface area contributed by atoms with Crippen LogP contribution in [0.3, 0.4) is 0 Å². The number of benzene rings is 1. The maximum atomic E-state index is 12.0. The zero-order valence-corrected chi connectivity index (χ0v) is 16.4. The third-order valence-corrected chi connectivity index (χ3v) is 4.93. The van der Waals surface area contributed by atoms with Gasteiger partial charge in [-0.1, -0.05) is 63.7 Å². The molecule has 0 bridgehead atoms. The fourth-order valence-electron chi connectivity index (χ4n) is 2.28. The highest BCUT2D eigenvalue weighted by Crippen LogP contribution is 2.27. The minimum Gasteiger partial charge on any atom is -0.355 e. The number of thioether (sulfide) groups is 1. The van der Waals surface area contributed by atoms with Crippen LogP contribution in [0.1, 0.15) is 46.6 Å². The molecule has 7 heteroatoms. The Morgan fingerprint density at radius 1 is 1.28 bits per heavy atom. The van der Waals surface area contributed by atoms with Gasteiger partial charge in [-0.2, -0.15) is 0 Å². The predicted octanol–water partition coefficient (Wildman–Crippen LogP) is 2.96. The molecular formula is C18H27N5OS. The molecular weight excluding hydrogens is 334 g/mol. The zero-order chi connectivity index (χ0) is 18.6. The van der Waals surface area contributed by atoms with Crippen LogP contribution < -0.4 is 11.2 Å². The smallest absolute Gasteiger partial charge is 0.233 e. The molecule has 0 aliphatic heterocycles. The van der Waals surface area contributed by atoms with Gasteiger partial charge < -0.3 is 11.2 Å². The van der Waals surface area contributed by atoms with E-state index in [0.29, 0.717) is 17.5 Å². The molecule has 1 heterocycles. The Bertz CT molecular complexity index is 718. The van der Waals surface area contributed by atoms with Crippen molar-refractivity contribution < 1.29 is 4.79 Å². The molecule has 2 aromatic rings. The van der Waals surface area contributed by atoms with Crippen LogP contribution in [-0.4, -0.2) is 32.6 Å². The van der Waals surface area contributed by atoms with Crippen LogP contribution in [0.5, 0.6) is 0 Å². The molecule has 1 aromatic heterocycles. The third kappa shape index (κ3) is 4.75. The normalized spacial score (nSPS) is 12.8. The fraction of sp³-hybridized carbons (Fsp3) is 0.500. The largest absolute Gasteiger partial charge is 0.355 e. The van der Waals surface area contributed by atoms with Gasteiger partial charge in [0.2, 0.25) is 11.1 Å². The molecule has 1 amide bonds. The van der Waals surface area contributed by atoms with Gasteiger partial charge in [0.1, 0.15) is 0 Å². The first-order chi connectivity index (χ1) is 11.7. The van der Waals surface area contributed by atoms with E-state index in [1.165, 1.54) is 22.0 Å². The van der Waals surface area contributed by atoms with Gasteiger partial charge in [-0.25, -0.2) is 4.68 Å². The van der Waals surface area contributed by atoms with Gasteiger partial charge in [0, 0.05) is 12.1 Å². The molecule has 0 spiro atoms. The maximum absolute atomic E-state index is 12.0. The maximum Gasteiger partial charge on any atom is 0.233 e. The number of carbonyl (C=O) groups is 1. The third-order valence-electron chi connectivity index (χ3n) is 3.87. The molecule has 6 nitrogen and oxygen atoms in total. The summed E-state index contributed by atoms with van der Waals surface area (Å²) in [4.78, 5) is 12.0. The highest BCUT2D eigenvalue weighted by atomic mass is 32.2. The number of hydrogen-bond acceptors (Lipinski definition) is 5. The standard InChI is InChI=1S/C18H27N5OS/c1-6-11-20-16(24)12(2)25-17-22-21-15(23(17)19)13-7-9-14(10-8-13)18(3,4)5/h7-10,12H,6,11,19H2,1-5H3,(H,20,24)/t12-/m0/s1. The highest BCUT2D eigenvalue weighted by molar-refractivity contribution is 8.00. The number of nitrogens with two attached hydrogens (primary N) is 1. The average molecular weight is 362 g/mol. The first-order valence-corrected chi connectivity index (χ1v) is 9.37. The lowest BCUT2D eigenvalue weighted by Crippen LogP contribution is -2.31. The molecule has 1 atom stereocenters. The number of nitrogens with zero attached hydrogens (tertiary/aromatic N) is 3. The molecule has 1 aromatic carbocycles. The van der Waals surface area contributed by atoms with Crippen LogP contribution in [0.25, 0.3) is 11.4 Å². The molecule has 136 valence electrons. The van der Waals surface area contributed by atoms with E-state index < -0.39 is 0 Å². The van der Waals surface area contributed by atoms with E-state index >= 15 is 0 Å². The summed E-state index contributed by atoms with van der Waals surface area (Å²) >= 11 is 1.30. The number of rotatable bonds is 6. The van der Waals surface area contributed by atoms with Gasteiger partial charge in [-0.3, -0.25) is 4.79 Å². The first kappa shape index (κ1) is 19.3. The lowest BCUT2D eigenvalue weighted by molar-refractivity contribution is -0.120. The number of nitrogen functional groups attached to an aromatic ring is 1. The van der Waals surface area contributed by atoms with Gasteiger partial charge in [-0.15, -0.1) is 10.2 Å². The lowest BCUT2D eigenvalue weighted by atomic mass is 9.87. The number of carbonyl (C=O) groups excluding carboxylic acids is 1. The Balaban J connectivity index is 2.14. The van der Waals surface area contributed by atoms with Crippen molar-refractivity contribution in [3.8, 4) is 11.4 Å². The second-order valence-corrected chi connectivity index (χ2v) is 8.36. The minimum absolute atomic E-state index is 0.0223. The van der Waals surface area contributed by atoms with Crippen molar-refractivity contribution in [1.82, 2.24) is 20.2 Å². The SMILES string of the molecule is CCCNC(=O)[C@H](C)Sc1nnc(-c2ccc(C(C)(C)C)cc2)n1N. The van der Waals surface area contributed by atoms with Gasteiger partial charge in [0.15, 0.2) is 5.82 Å². The van der Waals surface area contributed by atoms with Crippen LogP contribution in [0.2, 0.25) is 0 Å². The van der Waals surface area contributed by atoms with Crippen molar-refractivity contribution in [1.29, 1.82) is 0 Å². The summed E-state index contributed by atoms with van der Waals surface area (Å²) in [5.74, 6) is 6.71. The summed E-state index contributed by atoms with van der Waals surface area (Å²) in [6.07, 6.45) is 0.908. The molecule has 2 rings (SSSR count). The minimum atomic E-state index is -0.283. The van der Waals surface area contributed by atoms with Crippen LogP contribution in [0.4, 0.5) is 0 Å². The second kappa shape index (κ2) is 7.91. The van der Waals surface area contributed by atoms with E-state index in [1.54, 1.807) is 0 Å². The van der Waals surface area contributed by atoms with Crippen molar-refractivity contribution in [2.24, 2.45) is 0 Å². The van der Waals surface area contributed by atoms with Crippen molar-refractivity contribution in [2.75, 3.05) is 12.4 Å². The van der Waals surface area contributed by atoms with E-state index in [4.69, 9.17) is 5.84 Å². The Kier molecular flexibility index (Phi) is 6.11. The van der Waals surface area contributed by atoms with Gasteiger partial charge >= 0.3 is 0 Å². The zero-order valence-electron chi connectivity index (χ0n) is 15.5. The summed E-state index contributed by atoms with van der Waals surface area (Å²) in [5.41, 5.74) is 2.24. The Morgan fingerprint density at radius 2 is 1.92 bits per heavy atom. The first-order valence-electron chi connectivity index (χ1n) is 8.49. The van der Waals surface area contributed by atoms with E-state index in [1.807, 2.05) is 26.0 Å². The molecule has 25 heavy (non-hydrogen) atoms. The molecule has 0 aliphatic rings. The summed E-state index contributed by atoms with van der Waals surface area (Å²) in [7, 11) is 0. The summed E-state index contributed by atoms with van der Waals surface area (Å²) < 4.78 is 1.44. The average Bonchev–Trinajstić information content (AvgIpc) is 2.92. The molecule has 0 fully saturated rings. The molecule has 0 saturated carbocycles. The quantitative estimate of drug-likeness (QED) is 0.610. The molecule has 0 radical (unpaired) electrons. The monoisotopic (exact) mass is 361 g/mol. The second-order valence-electron chi connectivity index (χ2n) is 7.05. The Labute approximate surface area is 153 Å². The van der Waals surface area contributed by atoms with Crippen molar-refractivity contribution in [3.63, 3.8) is 0 Å². The van der Waals surface area contributed by atoms with Crippen LogP contribution in [-0.2, 0) is 10.2 Å². The predicted molar refractivity (Wildman–Crippen MR) is 103 cm³/mol. The lowest BCUT2D eigenvalue weighted by Gasteiger charge is -2.19. The number of nitrogens with one attached hydrogen (secondary N) is 1. The van der Waals surface area contributed by atoms with E-state index in [-0.39, 0.29) is 16.6 Å². The molecule has 0 saturated heterocycles. The van der Waals surface area contributed by atoms with Crippen molar-refractivity contribution in [2.45, 2.75) is 56.9 Å². The molecule has 3 N–H and O–H groups in total. The molecule has 0 aliphatic carbocycles. The fourth-order valence-corrected chi connectivity index (χ4v) is 3.07. The van der Waals surface area contributed by atoms with Crippen molar-refractivity contribution >= 4 is 17.7 Å². The van der Waals surface area contributed by atoms with Crippen molar-refractivity contribution in [3.05, 3.63) is 29.8 Å². The summed E-state index contributed by atoms with van der Waals surface area (Å²) in [5, 5.41) is 11.4.